The fourth-order valence-electron chi connectivity index (χ4n) is 0.860. The lowest BCUT2D eigenvalue weighted by Crippen LogP contribution is -2.29. The average molecular weight is 188 g/mol. The Labute approximate surface area is 83.4 Å². The molecule has 0 aliphatic heterocycles. The summed E-state index contributed by atoms with van der Waals surface area (Å²) >= 11 is 0. The van der Waals surface area contributed by atoms with Crippen LogP contribution in [-0.4, -0.2) is 5.91 Å². The number of carbonyl (C=O) groups is 1. The topological polar surface area (TPSA) is 52.9 Å². The molecule has 72 valence electrons. The Hall–Kier alpha value is -1.82. The van der Waals surface area contributed by atoms with E-state index in [0.717, 1.165) is 0 Å². The van der Waals surface area contributed by atoms with Crippen molar-refractivity contribution in [2.45, 2.75) is 13.8 Å². The molecule has 1 aromatic rings. The number of carbonyl (C=O) groups excluding carboxylic acids is 1. The highest BCUT2D eigenvalue weighted by molar-refractivity contribution is 5.96. The van der Waals surface area contributed by atoms with Crippen molar-refractivity contribution in [3.8, 4) is 6.07 Å². The highest BCUT2D eigenvalue weighted by atomic mass is 16.2. The molecule has 1 aromatic carbocycles. The van der Waals surface area contributed by atoms with Gasteiger partial charge in [0.2, 0.25) is 5.91 Å². The zero-order valence-corrected chi connectivity index (χ0v) is 8.24. The summed E-state index contributed by atoms with van der Waals surface area (Å²) in [5.41, 5.74) is -0.281. The van der Waals surface area contributed by atoms with Crippen molar-refractivity contribution in [1.82, 2.24) is 0 Å². The van der Waals surface area contributed by atoms with E-state index in [-0.39, 0.29) is 5.91 Å². The molecule has 3 heteroatoms. The van der Waals surface area contributed by atoms with E-state index in [0.29, 0.717) is 5.69 Å². The largest absolute Gasteiger partial charge is 0.325 e. The van der Waals surface area contributed by atoms with Gasteiger partial charge in [-0.1, -0.05) is 18.2 Å². The molecule has 3 nitrogen and oxygen atoms in total. The van der Waals surface area contributed by atoms with Crippen LogP contribution in [0.25, 0.3) is 0 Å². The van der Waals surface area contributed by atoms with Crippen molar-refractivity contribution in [1.29, 1.82) is 5.26 Å². The number of nitrogens with zero attached hydrogens (tertiary/aromatic N) is 1. The van der Waals surface area contributed by atoms with E-state index in [9.17, 15) is 4.79 Å². The highest BCUT2D eigenvalue weighted by Gasteiger charge is 2.26. The highest BCUT2D eigenvalue weighted by Crippen LogP contribution is 2.16. The fraction of sp³-hybridized carbons (Fsp3) is 0.273. The minimum atomic E-state index is -0.990. The van der Waals surface area contributed by atoms with E-state index in [4.69, 9.17) is 5.26 Å². The standard InChI is InChI=1S/C11H12N2O/c1-11(2,8-12)10(14)13-9-6-4-3-5-7-9/h3-7H,1-2H3,(H,13,14). The molecule has 0 unspecified atom stereocenters. The second kappa shape index (κ2) is 3.93. The summed E-state index contributed by atoms with van der Waals surface area (Å²) in [6.07, 6.45) is 0. The fourth-order valence-corrected chi connectivity index (χ4v) is 0.860. The van der Waals surface area contributed by atoms with Crippen LogP contribution in [0.3, 0.4) is 0 Å². The first-order valence-corrected chi connectivity index (χ1v) is 4.34. The number of hydrogen-bond acceptors (Lipinski definition) is 2. The molecular formula is C11H12N2O. The number of amides is 1. The van der Waals surface area contributed by atoms with Gasteiger partial charge in [0.05, 0.1) is 6.07 Å². The van der Waals surface area contributed by atoms with Crippen molar-refractivity contribution in [2.75, 3.05) is 5.32 Å². The number of benzene rings is 1. The number of nitriles is 1. The Morgan fingerprint density at radius 2 is 1.93 bits per heavy atom. The first kappa shape index (κ1) is 10.3. The second-order valence-electron chi connectivity index (χ2n) is 3.56. The molecule has 0 fully saturated rings. The maximum absolute atomic E-state index is 11.5. The molecular weight excluding hydrogens is 176 g/mol. The third-order valence-corrected chi connectivity index (χ3v) is 1.88. The molecule has 14 heavy (non-hydrogen) atoms. The Morgan fingerprint density at radius 1 is 1.36 bits per heavy atom. The maximum atomic E-state index is 11.5. The van der Waals surface area contributed by atoms with Crippen LogP contribution in [0.1, 0.15) is 13.8 Å². The van der Waals surface area contributed by atoms with E-state index in [1.165, 1.54) is 0 Å². The molecule has 0 spiro atoms. The van der Waals surface area contributed by atoms with Crippen LogP contribution >= 0.6 is 0 Å². The lowest BCUT2D eigenvalue weighted by atomic mass is 9.95. The Kier molecular flexibility index (Phi) is 2.88. The van der Waals surface area contributed by atoms with E-state index in [1.807, 2.05) is 24.3 Å². The van der Waals surface area contributed by atoms with Crippen molar-refractivity contribution >= 4 is 11.6 Å². The van der Waals surface area contributed by atoms with Gasteiger partial charge in [-0.05, 0) is 26.0 Å². The molecule has 0 saturated carbocycles. The number of anilines is 1. The SMILES string of the molecule is CC(C)(C#N)C(=O)Nc1ccccc1. The molecule has 0 heterocycles. The predicted octanol–water partition coefficient (Wildman–Crippen LogP) is 2.17. The van der Waals surface area contributed by atoms with Crippen LogP contribution in [0.5, 0.6) is 0 Å². The summed E-state index contributed by atoms with van der Waals surface area (Å²) in [5, 5.41) is 11.4. The summed E-state index contributed by atoms with van der Waals surface area (Å²) in [6.45, 7) is 3.18. The van der Waals surface area contributed by atoms with Crippen LogP contribution in [0.4, 0.5) is 5.69 Å². The van der Waals surface area contributed by atoms with Crippen LogP contribution < -0.4 is 5.32 Å². The third-order valence-electron chi connectivity index (χ3n) is 1.88. The zero-order chi connectivity index (χ0) is 10.6. The van der Waals surface area contributed by atoms with Crippen molar-refractivity contribution in [3.63, 3.8) is 0 Å². The third kappa shape index (κ3) is 2.33. The number of nitrogens with one attached hydrogen (secondary N) is 1. The normalized spacial score (nSPS) is 10.4. The molecule has 0 radical (unpaired) electrons. The minimum Gasteiger partial charge on any atom is -0.325 e. The Bertz CT molecular complexity index is 363. The lowest BCUT2D eigenvalue weighted by molar-refractivity contribution is -0.121. The van der Waals surface area contributed by atoms with Crippen LogP contribution in [0.15, 0.2) is 30.3 Å². The summed E-state index contributed by atoms with van der Waals surface area (Å²) in [4.78, 5) is 11.5. The summed E-state index contributed by atoms with van der Waals surface area (Å²) in [6, 6.07) is 11.0. The molecule has 1 N–H and O–H groups in total. The van der Waals surface area contributed by atoms with Gasteiger partial charge in [-0.25, -0.2) is 0 Å². The van der Waals surface area contributed by atoms with E-state index in [1.54, 1.807) is 26.0 Å². The molecule has 1 rings (SSSR count). The van der Waals surface area contributed by atoms with Gasteiger partial charge >= 0.3 is 0 Å². The maximum Gasteiger partial charge on any atom is 0.244 e. The molecule has 0 aliphatic rings. The van der Waals surface area contributed by atoms with Gasteiger partial charge in [0.25, 0.3) is 0 Å². The molecule has 0 aliphatic carbocycles. The smallest absolute Gasteiger partial charge is 0.244 e. The summed E-state index contributed by atoms with van der Waals surface area (Å²) in [5.74, 6) is -0.286. The quantitative estimate of drug-likeness (QED) is 0.773. The lowest BCUT2D eigenvalue weighted by Gasteiger charge is -2.14. The molecule has 1 amide bonds. The Balaban J connectivity index is 2.73. The van der Waals surface area contributed by atoms with Gasteiger partial charge in [-0.3, -0.25) is 4.79 Å². The first-order chi connectivity index (χ1) is 6.56. The van der Waals surface area contributed by atoms with E-state index >= 15 is 0 Å². The number of rotatable bonds is 2. The van der Waals surface area contributed by atoms with Crippen molar-refractivity contribution in [3.05, 3.63) is 30.3 Å². The summed E-state index contributed by atoms with van der Waals surface area (Å²) < 4.78 is 0. The van der Waals surface area contributed by atoms with Gasteiger partial charge in [0, 0.05) is 5.69 Å². The number of hydrogen-bond donors (Lipinski definition) is 1. The molecule has 0 atom stereocenters. The van der Waals surface area contributed by atoms with Gasteiger partial charge < -0.3 is 5.32 Å². The molecule has 0 saturated heterocycles. The second-order valence-corrected chi connectivity index (χ2v) is 3.56. The average Bonchev–Trinajstić information content (AvgIpc) is 2.19. The van der Waals surface area contributed by atoms with E-state index in [2.05, 4.69) is 5.32 Å². The van der Waals surface area contributed by atoms with Crippen molar-refractivity contribution in [2.24, 2.45) is 5.41 Å². The van der Waals surface area contributed by atoms with E-state index < -0.39 is 5.41 Å². The summed E-state index contributed by atoms with van der Waals surface area (Å²) in [7, 11) is 0. The first-order valence-electron chi connectivity index (χ1n) is 4.34. The van der Waals surface area contributed by atoms with Crippen LogP contribution in [0.2, 0.25) is 0 Å². The Morgan fingerprint density at radius 3 is 2.43 bits per heavy atom. The zero-order valence-electron chi connectivity index (χ0n) is 8.24. The molecule has 0 bridgehead atoms. The van der Waals surface area contributed by atoms with Crippen molar-refractivity contribution < 1.29 is 4.79 Å². The monoisotopic (exact) mass is 188 g/mol. The predicted molar refractivity (Wildman–Crippen MR) is 54.5 cm³/mol. The van der Waals surface area contributed by atoms with Crippen LogP contribution in [0, 0.1) is 16.7 Å². The number of para-hydroxylation sites is 1. The van der Waals surface area contributed by atoms with Gasteiger partial charge in [0.1, 0.15) is 5.41 Å². The van der Waals surface area contributed by atoms with Crippen LogP contribution in [-0.2, 0) is 4.79 Å². The van der Waals surface area contributed by atoms with Gasteiger partial charge in [-0.2, -0.15) is 5.26 Å². The van der Waals surface area contributed by atoms with Gasteiger partial charge in [0.15, 0.2) is 0 Å². The minimum absolute atomic E-state index is 0.286. The molecule has 0 aromatic heterocycles. The van der Waals surface area contributed by atoms with Gasteiger partial charge in [-0.15, -0.1) is 0 Å².